The predicted octanol–water partition coefficient (Wildman–Crippen LogP) is 18.9. The summed E-state index contributed by atoms with van der Waals surface area (Å²) in [5, 5.41) is 17.2. The molecule has 12 rings (SSSR count). The lowest BCUT2D eigenvalue weighted by molar-refractivity contribution is 1.54. The molecule has 67 heavy (non-hydrogen) atoms. The first kappa shape index (κ1) is 41.5. The van der Waals surface area contributed by atoms with Gasteiger partial charge in [-0.1, -0.05) is 216 Å². The largest absolute Gasteiger partial charge is 0.356 e. The number of anilines is 4. The van der Waals surface area contributed by atoms with Gasteiger partial charge in [0.25, 0.3) is 0 Å². The molecule has 0 atom stereocenters. The summed E-state index contributed by atoms with van der Waals surface area (Å²) in [5.41, 5.74) is 14.4. The molecule has 0 amide bonds. The maximum atomic E-state index is 3.50. The quantitative estimate of drug-likeness (QED) is 0.148. The molecular weight excluding hydrogens is 877 g/mol. The molecule has 0 heterocycles. The van der Waals surface area contributed by atoms with Gasteiger partial charge in [-0.25, -0.2) is 0 Å². The molecule has 0 saturated heterocycles. The minimum absolute atomic E-state index is 1.07. The first-order valence-electron chi connectivity index (χ1n) is 22.7. The van der Waals surface area contributed by atoms with Crippen LogP contribution in [0.1, 0.15) is 0 Å². The summed E-state index contributed by atoms with van der Waals surface area (Å²) in [7, 11) is 0. The van der Waals surface area contributed by atoms with Crippen molar-refractivity contribution in [2.45, 2.75) is 0 Å². The highest BCUT2D eigenvalue weighted by Crippen LogP contribution is 2.45. The fraction of sp³-hybridized carbons (Fsp3) is 0. The molecule has 0 radical (unpaired) electrons. The highest BCUT2D eigenvalue weighted by Gasteiger charge is 2.18. The first-order chi connectivity index (χ1) is 33.2. The van der Waals surface area contributed by atoms with Gasteiger partial charge in [-0.2, -0.15) is 0 Å². The van der Waals surface area contributed by atoms with E-state index >= 15 is 0 Å². The zero-order chi connectivity index (χ0) is 44.9. The molecule has 2 N–H and O–H groups in total. The summed E-state index contributed by atoms with van der Waals surface area (Å²) >= 11 is 3.50. The number of benzene rings is 12. The van der Waals surface area contributed by atoms with Crippen LogP contribution in [0.4, 0.5) is 22.7 Å². The zero-order valence-corrected chi connectivity index (χ0v) is 38.3. The highest BCUT2D eigenvalue weighted by molar-refractivity contribution is 9.10. The first-order valence-corrected chi connectivity index (χ1v) is 23.5. The topological polar surface area (TPSA) is 24.1 Å². The Morgan fingerprint density at radius 1 is 0.194 bits per heavy atom. The zero-order valence-electron chi connectivity index (χ0n) is 36.7. The Balaban J connectivity index is 0.000000148. The summed E-state index contributed by atoms with van der Waals surface area (Å²) < 4.78 is 1.08. The molecule has 0 saturated carbocycles. The van der Waals surface area contributed by atoms with Crippen LogP contribution < -0.4 is 10.6 Å². The second-order valence-corrected chi connectivity index (χ2v) is 17.6. The molecule has 3 heteroatoms. The van der Waals surface area contributed by atoms with Gasteiger partial charge in [0.15, 0.2) is 0 Å². The number of fused-ring (bicyclic) bond motifs is 4. The Labute approximate surface area is 400 Å². The Bertz CT molecular complexity index is 3530. The molecule has 0 aromatic heterocycles. The van der Waals surface area contributed by atoms with E-state index in [9.17, 15) is 0 Å². The van der Waals surface area contributed by atoms with Crippen molar-refractivity contribution in [3.63, 3.8) is 0 Å². The third-order valence-electron chi connectivity index (χ3n) is 12.5. The number of rotatable bonds is 8. The Morgan fingerprint density at radius 3 is 0.687 bits per heavy atom. The van der Waals surface area contributed by atoms with E-state index < -0.39 is 0 Å². The number of halogens is 1. The minimum atomic E-state index is 1.07. The fourth-order valence-electron chi connectivity index (χ4n) is 9.54. The van der Waals surface area contributed by atoms with Crippen LogP contribution in [0.2, 0.25) is 0 Å². The fourth-order valence-corrected chi connectivity index (χ4v) is 9.80. The summed E-state index contributed by atoms with van der Waals surface area (Å²) in [4.78, 5) is 0. The monoisotopic (exact) mass is 920 g/mol. The van der Waals surface area contributed by atoms with Gasteiger partial charge in [0.05, 0.1) is 0 Å². The van der Waals surface area contributed by atoms with Gasteiger partial charge in [-0.05, 0) is 148 Å². The van der Waals surface area contributed by atoms with Gasteiger partial charge in [0.1, 0.15) is 0 Å². The molecule has 0 fully saturated rings. The molecule has 0 aliphatic heterocycles. The van der Waals surface area contributed by atoms with Gasteiger partial charge in [0, 0.05) is 27.2 Å². The molecule has 0 aliphatic carbocycles. The summed E-state index contributed by atoms with van der Waals surface area (Å²) in [6.07, 6.45) is 0. The van der Waals surface area contributed by atoms with E-state index in [1.807, 2.05) is 30.3 Å². The molecule has 12 aromatic rings. The Morgan fingerprint density at radius 2 is 0.403 bits per heavy atom. The SMILES string of the molecule is Brc1ccc(Nc2ccc(-c3c4ccccc4c(-c4ccccc4)c4ccccc34)cc2)cc1.c1ccc(Nc2ccc(-c3c4ccccc4c(-c4ccccc4)c4ccccc34)cc2)cc1. The number of para-hydroxylation sites is 1. The van der Waals surface area contributed by atoms with Crippen LogP contribution >= 0.6 is 15.9 Å². The summed E-state index contributed by atoms with van der Waals surface area (Å²) in [6, 6.07) is 92.6. The predicted molar refractivity (Wildman–Crippen MR) is 292 cm³/mol. The number of hydrogen-bond acceptors (Lipinski definition) is 2. The van der Waals surface area contributed by atoms with Crippen molar-refractivity contribution in [1.29, 1.82) is 0 Å². The molecule has 318 valence electrons. The van der Waals surface area contributed by atoms with E-state index in [1.54, 1.807) is 0 Å². The van der Waals surface area contributed by atoms with Crippen LogP contribution in [0.25, 0.3) is 87.6 Å². The van der Waals surface area contributed by atoms with Crippen LogP contribution in [-0.4, -0.2) is 0 Å². The second kappa shape index (κ2) is 18.7. The standard InChI is InChI=1S/C32H22BrN.C32H23N/c33-24-16-20-26(21-17-24)34-25-18-14-23(15-19-25)32-29-12-6-4-10-27(29)31(22-8-2-1-3-9-22)28-11-5-7-13-30(28)32;1-3-11-23(12-4-1)31-27-15-7-9-17-29(27)32(30-18-10-8-16-28(30)31)24-19-21-26(22-20-24)33-25-13-5-2-6-14-25/h1-21,34H;1-22,33H. The average Bonchev–Trinajstić information content (AvgIpc) is 3.39. The lowest BCUT2D eigenvalue weighted by atomic mass is 9.86. The van der Waals surface area contributed by atoms with Crippen molar-refractivity contribution in [2.75, 3.05) is 10.6 Å². The van der Waals surface area contributed by atoms with Crippen molar-refractivity contribution in [3.05, 3.63) is 265 Å². The highest BCUT2D eigenvalue weighted by atomic mass is 79.9. The van der Waals surface area contributed by atoms with E-state index in [-0.39, 0.29) is 0 Å². The maximum Gasteiger partial charge on any atom is 0.0384 e. The van der Waals surface area contributed by atoms with E-state index in [1.165, 1.54) is 87.6 Å². The van der Waals surface area contributed by atoms with Crippen LogP contribution in [-0.2, 0) is 0 Å². The summed E-state index contributed by atoms with van der Waals surface area (Å²) in [5.74, 6) is 0. The van der Waals surface area contributed by atoms with Crippen LogP contribution in [0.3, 0.4) is 0 Å². The smallest absolute Gasteiger partial charge is 0.0384 e. The normalized spacial score (nSPS) is 11.1. The van der Waals surface area contributed by atoms with Crippen molar-refractivity contribution in [2.24, 2.45) is 0 Å². The summed E-state index contributed by atoms with van der Waals surface area (Å²) in [6.45, 7) is 0. The second-order valence-electron chi connectivity index (χ2n) is 16.7. The van der Waals surface area contributed by atoms with Crippen LogP contribution in [0.5, 0.6) is 0 Å². The van der Waals surface area contributed by atoms with Crippen molar-refractivity contribution >= 4 is 81.8 Å². The molecule has 2 nitrogen and oxygen atoms in total. The van der Waals surface area contributed by atoms with E-state index in [0.717, 1.165) is 27.2 Å². The lowest BCUT2D eigenvalue weighted by Crippen LogP contribution is -1.92. The van der Waals surface area contributed by atoms with Crippen molar-refractivity contribution < 1.29 is 0 Å². The van der Waals surface area contributed by atoms with Gasteiger partial charge < -0.3 is 10.6 Å². The Hall–Kier alpha value is -8.24. The minimum Gasteiger partial charge on any atom is -0.356 e. The van der Waals surface area contributed by atoms with E-state index in [4.69, 9.17) is 0 Å². The Kier molecular flexibility index (Phi) is 11.6. The molecule has 12 aromatic carbocycles. The van der Waals surface area contributed by atoms with Crippen LogP contribution in [0.15, 0.2) is 265 Å². The van der Waals surface area contributed by atoms with Gasteiger partial charge >= 0.3 is 0 Å². The molecular formula is C64H45BrN2. The van der Waals surface area contributed by atoms with Gasteiger partial charge in [-0.15, -0.1) is 0 Å². The molecule has 0 aliphatic rings. The van der Waals surface area contributed by atoms with Gasteiger partial charge in [-0.3, -0.25) is 0 Å². The number of hydrogen-bond donors (Lipinski definition) is 2. The molecule has 0 bridgehead atoms. The van der Waals surface area contributed by atoms with Crippen molar-refractivity contribution in [3.8, 4) is 44.5 Å². The third kappa shape index (κ3) is 8.45. The van der Waals surface area contributed by atoms with E-state index in [2.05, 4.69) is 257 Å². The van der Waals surface area contributed by atoms with Gasteiger partial charge in [0.2, 0.25) is 0 Å². The maximum absolute atomic E-state index is 3.50. The third-order valence-corrected chi connectivity index (χ3v) is 13.1. The molecule has 0 spiro atoms. The van der Waals surface area contributed by atoms with Crippen molar-refractivity contribution in [1.82, 2.24) is 0 Å². The van der Waals surface area contributed by atoms with Crippen LogP contribution in [0, 0.1) is 0 Å². The van der Waals surface area contributed by atoms with E-state index in [0.29, 0.717) is 0 Å². The lowest BCUT2D eigenvalue weighted by Gasteiger charge is -2.18. The average molecular weight is 922 g/mol. The number of nitrogens with one attached hydrogen (secondary N) is 2. The molecule has 0 unspecified atom stereocenters.